The van der Waals surface area contributed by atoms with E-state index in [2.05, 4.69) is 5.32 Å². The minimum absolute atomic E-state index is 0.0734. The molecule has 0 aliphatic rings. The van der Waals surface area contributed by atoms with Gasteiger partial charge in [-0.25, -0.2) is 0 Å². The standard InChI is InChI=1S/C19H22N2O2/c1-14-4-6-15(7-5-14)12-18(22)21(3)13-16-8-10-17(11-9-16)19(23)20-2/h4-11H,12-13H2,1-3H3,(H,20,23). The molecule has 0 radical (unpaired) electrons. The zero-order chi connectivity index (χ0) is 16.8. The van der Waals surface area contributed by atoms with E-state index in [1.165, 1.54) is 5.56 Å². The number of aryl methyl sites for hydroxylation is 1. The van der Waals surface area contributed by atoms with Crippen LogP contribution in [0.25, 0.3) is 0 Å². The molecule has 23 heavy (non-hydrogen) atoms. The second-order valence-electron chi connectivity index (χ2n) is 5.69. The number of hydrogen-bond acceptors (Lipinski definition) is 2. The fourth-order valence-corrected chi connectivity index (χ4v) is 2.28. The second-order valence-corrected chi connectivity index (χ2v) is 5.69. The normalized spacial score (nSPS) is 10.2. The van der Waals surface area contributed by atoms with Crippen molar-refractivity contribution < 1.29 is 9.59 Å². The average molecular weight is 310 g/mol. The molecule has 0 aliphatic heterocycles. The Balaban J connectivity index is 1.95. The minimum atomic E-state index is -0.111. The van der Waals surface area contributed by atoms with Crippen LogP contribution in [0.4, 0.5) is 0 Å². The molecule has 0 aromatic heterocycles. The van der Waals surface area contributed by atoms with Gasteiger partial charge in [0.25, 0.3) is 5.91 Å². The van der Waals surface area contributed by atoms with E-state index in [9.17, 15) is 9.59 Å². The van der Waals surface area contributed by atoms with E-state index < -0.39 is 0 Å². The van der Waals surface area contributed by atoms with E-state index in [0.29, 0.717) is 18.5 Å². The van der Waals surface area contributed by atoms with E-state index in [-0.39, 0.29) is 11.8 Å². The maximum atomic E-state index is 12.3. The van der Waals surface area contributed by atoms with Crippen molar-refractivity contribution in [2.75, 3.05) is 14.1 Å². The third kappa shape index (κ3) is 4.68. The molecule has 4 nitrogen and oxygen atoms in total. The molecule has 2 amide bonds. The van der Waals surface area contributed by atoms with E-state index in [4.69, 9.17) is 0 Å². The van der Waals surface area contributed by atoms with Crippen molar-refractivity contribution in [1.29, 1.82) is 0 Å². The number of carbonyl (C=O) groups excluding carboxylic acids is 2. The fraction of sp³-hybridized carbons (Fsp3) is 0.263. The first kappa shape index (κ1) is 16.7. The minimum Gasteiger partial charge on any atom is -0.355 e. The van der Waals surface area contributed by atoms with Crippen LogP contribution in [0.2, 0.25) is 0 Å². The highest BCUT2D eigenvalue weighted by Gasteiger charge is 2.11. The van der Waals surface area contributed by atoms with Crippen LogP contribution in [0.5, 0.6) is 0 Å². The number of likely N-dealkylation sites (N-methyl/N-ethyl adjacent to an activating group) is 1. The Bertz CT molecular complexity index is 676. The molecular weight excluding hydrogens is 288 g/mol. The first-order valence-electron chi connectivity index (χ1n) is 7.60. The third-order valence-corrected chi connectivity index (χ3v) is 3.76. The quantitative estimate of drug-likeness (QED) is 0.922. The highest BCUT2D eigenvalue weighted by atomic mass is 16.2. The second kappa shape index (κ2) is 7.58. The van der Waals surface area contributed by atoms with E-state index in [1.54, 1.807) is 31.1 Å². The van der Waals surface area contributed by atoms with Crippen LogP contribution in [-0.4, -0.2) is 30.8 Å². The van der Waals surface area contributed by atoms with Gasteiger partial charge < -0.3 is 10.2 Å². The summed E-state index contributed by atoms with van der Waals surface area (Å²) in [7, 11) is 3.40. The SMILES string of the molecule is CNC(=O)c1ccc(CN(C)C(=O)Cc2ccc(C)cc2)cc1. The van der Waals surface area contributed by atoms with E-state index in [0.717, 1.165) is 11.1 Å². The summed E-state index contributed by atoms with van der Waals surface area (Å²) in [4.78, 5) is 25.5. The van der Waals surface area contributed by atoms with Gasteiger partial charge in [0.15, 0.2) is 0 Å². The van der Waals surface area contributed by atoms with Gasteiger partial charge in [-0.1, -0.05) is 42.0 Å². The van der Waals surface area contributed by atoms with Crippen LogP contribution in [0.15, 0.2) is 48.5 Å². The maximum Gasteiger partial charge on any atom is 0.251 e. The maximum absolute atomic E-state index is 12.3. The van der Waals surface area contributed by atoms with Crippen LogP contribution in [0.3, 0.4) is 0 Å². The highest BCUT2D eigenvalue weighted by Crippen LogP contribution is 2.09. The molecule has 2 aromatic carbocycles. The molecule has 0 aliphatic carbocycles. The zero-order valence-electron chi connectivity index (χ0n) is 13.8. The molecule has 0 heterocycles. The summed E-state index contributed by atoms with van der Waals surface area (Å²) in [5.74, 6) is -0.0374. The van der Waals surface area contributed by atoms with E-state index >= 15 is 0 Å². The first-order chi connectivity index (χ1) is 11.0. The van der Waals surface area contributed by atoms with Gasteiger partial charge in [0.1, 0.15) is 0 Å². The first-order valence-corrected chi connectivity index (χ1v) is 7.60. The van der Waals surface area contributed by atoms with Gasteiger partial charge in [-0.05, 0) is 30.2 Å². The number of benzene rings is 2. The summed E-state index contributed by atoms with van der Waals surface area (Å²) in [5, 5.41) is 2.59. The molecule has 0 saturated carbocycles. The summed E-state index contributed by atoms with van der Waals surface area (Å²) >= 11 is 0. The number of carbonyl (C=O) groups is 2. The lowest BCUT2D eigenvalue weighted by molar-refractivity contribution is -0.129. The predicted octanol–water partition coefficient (Wildman–Crippen LogP) is 2.56. The molecule has 0 spiro atoms. The van der Waals surface area contributed by atoms with E-state index in [1.807, 2.05) is 43.3 Å². The Morgan fingerprint density at radius 3 is 2.09 bits per heavy atom. The number of hydrogen-bond donors (Lipinski definition) is 1. The van der Waals surface area contributed by atoms with Gasteiger partial charge >= 0.3 is 0 Å². The fourth-order valence-electron chi connectivity index (χ4n) is 2.28. The number of nitrogens with one attached hydrogen (secondary N) is 1. The number of amides is 2. The van der Waals surface area contributed by atoms with Crippen LogP contribution in [0.1, 0.15) is 27.0 Å². The number of rotatable bonds is 5. The summed E-state index contributed by atoms with van der Waals surface area (Å²) < 4.78 is 0. The smallest absolute Gasteiger partial charge is 0.251 e. The molecule has 2 aromatic rings. The largest absolute Gasteiger partial charge is 0.355 e. The molecule has 0 fully saturated rings. The van der Waals surface area contributed by atoms with Crippen LogP contribution in [0, 0.1) is 6.92 Å². The summed E-state index contributed by atoms with van der Waals surface area (Å²) in [6.45, 7) is 2.55. The van der Waals surface area contributed by atoms with Crippen molar-refractivity contribution in [2.45, 2.75) is 19.9 Å². The topological polar surface area (TPSA) is 49.4 Å². The Hall–Kier alpha value is -2.62. The number of nitrogens with zero attached hydrogens (tertiary/aromatic N) is 1. The lowest BCUT2D eigenvalue weighted by atomic mass is 10.1. The molecular formula is C19H22N2O2. The van der Waals surface area contributed by atoms with Gasteiger partial charge in [0.05, 0.1) is 6.42 Å². The average Bonchev–Trinajstić information content (AvgIpc) is 2.56. The molecule has 4 heteroatoms. The van der Waals surface area contributed by atoms with Gasteiger partial charge in [0.2, 0.25) is 5.91 Å². The lowest BCUT2D eigenvalue weighted by Crippen LogP contribution is -2.27. The Morgan fingerprint density at radius 1 is 0.957 bits per heavy atom. The van der Waals surface area contributed by atoms with Crippen molar-refractivity contribution in [1.82, 2.24) is 10.2 Å². The molecule has 120 valence electrons. The summed E-state index contributed by atoms with van der Waals surface area (Å²) in [6.07, 6.45) is 0.396. The van der Waals surface area contributed by atoms with Gasteiger partial charge in [0, 0.05) is 26.2 Å². The Labute approximate surface area is 137 Å². The van der Waals surface area contributed by atoms with Crippen LogP contribution >= 0.6 is 0 Å². The molecule has 2 rings (SSSR count). The van der Waals surface area contributed by atoms with Crippen molar-refractivity contribution in [2.24, 2.45) is 0 Å². The van der Waals surface area contributed by atoms with Crippen LogP contribution in [-0.2, 0) is 17.8 Å². The summed E-state index contributed by atoms with van der Waals surface area (Å²) in [5.41, 5.74) is 3.82. The third-order valence-electron chi connectivity index (χ3n) is 3.76. The van der Waals surface area contributed by atoms with Crippen molar-refractivity contribution in [3.63, 3.8) is 0 Å². The molecule has 0 atom stereocenters. The zero-order valence-corrected chi connectivity index (χ0v) is 13.8. The van der Waals surface area contributed by atoms with Crippen molar-refractivity contribution >= 4 is 11.8 Å². The lowest BCUT2D eigenvalue weighted by Gasteiger charge is -2.17. The van der Waals surface area contributed by atoms with Crippen molar-refractivity contribution in [3.05, 3.63) is 70.8 Å². The molecule has 0 bridgehead atoms. The van der Waals surface area contributed by atoms with Gasteiger partial charge in [-0.15, -0.1) is 0 Å². The van der Waals surface area contributed by atoms with Gasteiger partial charge in [-0.3, -0.25) is 9.59 Å². The molecule has 0 unspecified atom stereocenters. The summed E-state index contributed by atoms with van der Waals surface area (Å²) in [6, 6.07) is 15.3. The highest BCUT2D eigenvalue weighted by molar-refractivity contribution is 5.93. The molecule has 0 saturated heterocycles. The van der Waals surface area contributed by atoms with Gasteiger partial charge in [-0.2, -0.15) is 0 Å². The Morgan fingerprint density at radius 2 is 1.52 bits per heavy atom. The van der Waals surface area contributed by atoms with Crippen LogP contribution < -0.4 is 5.32 Å². The monoisotopic (exact) mass is 310 g/mol. The molecule has 1 N–H and O–H groups in total. The predicted molar refractivity (Wildman–Crippen MR) is 91.2 cm³/mol. The van der Waals surface area contributed by atoms with Crippen molar-refractivity contribution in [3.8, 4) is 0 Å². The Kier molecular flexibility index (Phi) is 5.52.